The zero-order valence-corrected chi connectivity index (χ0v) is 27.9. The number of fused-ring (bicyclic) bond motifs is 5. The number of aliphatic hydroxyl groups excluding tert-OH is 2. The first-order valence-corrected chi connectivity index (χ1v) is 17.3. The monoisotopic (exact) mass is 641 g/mol. The number of nitrogens with zero attached hydrogens (tertiary/aromatic N) is 3. The van der Waals surface area contributed by atoms with Crippen LogP contribution in [-0.2, 0) is 14.3 Å². The lowest BCUT2D eigenvalue weighted by Crippen LogP contribution is -2.58. The number of alkyl carbamates (subject to hydrolysis) is 1. The number of carbonyl (C=O) groups is 2. The van der Waals surface area contributed by atoms with Crippen molar-refractivity contribution in [2.45, 2.75) is 110 Å². The average molecular weight is 642 g/mol. The number of nitrogens with one attached hydrogen (secondary N) is 2. The van der Waals surface area contributed by atoms with Gasteiger partial charge in [-0.05, 0) is 122 Å². The van der Waals surface area contributed by atoms with Gasteiger partial charge in [0.05, 0.1) is 25.4 Å². The number of hydrogen-bond acceptors (Lipinski definition) is 7. The molecule has 4 N–H and O–H groups in total. The van der Waals surface area contributed by atoms with Crippen LogP contribution in [0.25, 0.3) is 10.4 Å². The van der Waals surface area contributed by atoms with Gasteiger partial charge in [-0.15, -0.1) is 12.3 Å². The van der Waals surface area contributed by atoms with E-state index in [0.29, 0.717) is 35.5 Å². The average Bonchev–Trinajstić information content (AvgIpc) is 3.38. The summed E-state index contributed by atoms with van der Waals surface area (Å²) in [6.45, 7) is 7.69. The van der Waals surface area contributed by atoms with Crippen LogP contribution in [0.5, 0.6) is 0 Å². The number of hydrogen-bond donors (Lipinski definition) is 4. The first-order valence-electron chi connectivity index (χ1n) is 17.3. The zero-order valence-electron chi connectivity index (χ0n) is 27.9. The summed E-state index contributed by atoms with van der Waals surface area (Å²) in [5.41, 5.74) is 8.39. The van der Waals surface area contributed by atoms with Gasteiger partial charge >= 0.3 is 6.09 Å². The first-order chi connectivity index (χ1) is 22.0. The number of aliphatic hydroxyl groups is 2. The highest BCUT2D eigenvalue weighted by Crippen LogP contribution is 2.68. The van der Waals surface area contributed by atoms with Crippen molar-refractivity contribution in [2.24, 2.45) is 51.5 Å². The van der Waals surface area contributed by atoms with E-state index in [0.717, 1.165) is 44.9 Å². The summed E-state index contributed by atoms with van der Waals surface area (Å²) >= 11 is 0. The van der Waals surface area contributed by atoms with Crippen molar-refractivity contribution < 1.29 is 29.3 Å². The normalized spacial score (nSPS) is 36.2. The van der Waals surface area contributed by atoms with E-state index in [9.17, 15) is 19.8 Å². The van der Waals surface area contributed by atoms with Gasteiger partial charge in [0.1, 0.15) is 12.8 Å². The fourth-order valence-corrected chi connectivity index (χ4v) is 10.0. The standard InChI is InChI=1S/C35H55N5O6/c1-5-8-31(39-33(44)46-20-19-45-18-17-37-40-36)38-32(43)10-7-6-9-23(2)27-13-14-28-26-12-11-24-21-25(41)15-16-34(24,3)29(26)22-30(42)35(27,28)4/h1,7,10,23-31,41-42H,6,8-9,11-22H2,2-4H3,(H,38,43)(H,39,44)/b10-7+/t23-,24-,25-,26+,27-,28+,29+,30?,31?,34+,35-/m1/s1. The Kier molecular flexibility index (Phi) is 12.8. The van der Waals surface area contributed by atoms with Crippen LogP contribution in [0.4, 0.5) is 4.79 Å². The summed E-state index contributed by atoms with van der Waals surface area (Å²) in [6.07, 6.45) is 17.1. The van der Waals surface area contributed by atoms with Gasteiger partial charge in [0, 0.05) is 17.9 Å². The van der Waals surface area contributed by atoms with Crippen molar-refractivity contribution in [2.75, 3.05) is 26.4 Å². The van der Waals surface area contributed by atoms with Crippen LogP contribution < -0.4 is 10.6 Å². The summed E-state index contributed by atoms with van der Waals surface area (Å²) in [4.78, 5) is 27.3. The lowest BCUT2D eigenvalue weighted by molar-refractivity contribution is -0.174. The number of ether oxygens (including phenoxy) is 2. The van der Waals surface area contributed by atoms with E-state index < -0.39 is 12.3 Å². The maximum absolute atomic E-state index is 12.6. The smallest absolute Gasteiger partial charge is 0.408 e. The molecule has 4 aliphatic carbocycles. The molecule has 0 aromatic heterocycles. The van der Waals surface area contributed by atoms with Crippen LogP contribution in [-0.4, -0.2) is 67.0 Å². The molecule has 11 atom stereocenters. The molecule has 0 aliphatic heterocycles. The van der Waals surface area contributed by atoms with Gasteiger partial charge in [-0.25, -0.2) is 4.79 Å². The fraction of sp³-hybridized carbons (Fsp3) is 0.829. The molecule has 0 spiro atoms. The summed E-state index contributed by atoms with van der Waals surface area (Å²) in [6, 6.07) is 0. The summed E-state index contributed by atoms with van der Waals surface area (Å²) in [7, 11) is 0. The molecule has 0 aromatic rings. The molecule has 0 radical (unpaired) electrons. The van der Waals surface area contributed by atoms with Gasteiger partial charge in [0.15, 0.2) is 0 Å². The molecule has 2 amide bonds. The molecule has 0 saturated heterocycles. The Morgan fingerprint density at radius 3 is 2.67 bits per heavy atom. The van der Waals surface area contributed by atoms with Gasteiger partial charge in [-0.3, -0.25) is 4.79 Å². The van der Waals surface area contributed by atoms with E-state index in [2.05, 4.69) is 47.4 Å². The van der Waals surface area contributed by atoms with Crippen molar-refractivity contribution >= 4 is 12.0 Å². The van der Waals surface area contributed by atoms with Crippen molar-refractivity contribution in [3.8, 4) is 12.3 Å². The molecule has 4 aliphatic rings. The summed E-state index contributed by atoms with van der Waals surface area (Å²) in [5.74, 6) is 5.29. The highest BCUT2D eigenvalue weighted by atomic mass is 16.6. The third kappa shape index (κ3) is 8.20. The van der Waals surface area contributed by atoms with Crippen molar-refractivity contribution in [1.29, 1.82) is 0 Å². The van der Waals surface area contributed by atoms with E-state index in [1.165, 1.54) is 25.3 Å². The summed E-state index contributed by atoms with van der Waals surface area (Å²) in [5, 5.41) is 30.8. The van der Waals surface area contributed by atoms with Crippen LogP contribution in [0.1, 0.15) is 91.4 Å². The predicted octanol–water partition coefficient (Wildman–Crippen LogP) is 5.47. The van der Waals surface area contributed by atoms with Crippen LogP contribution in [0.15, 0.2) is 17.3 Å². The molecule has 0 bridgehead atoms. The molecule has 4 fully saturated rings. The Bertz CT molecular complexity index is 1170. The molecule has 256 valence electrons. The van der Waals surface area contributed by atoms with Gasteiger partial charge in [0.25, 0.3) is 0 Å². The quantitative estimate of drug-likeness (QED) is 0.0373. The highest BCUT2D eigenvalue weighted by molar-refractivity contribution is 5.88. The second kappa shape index (κ2) is 16.4. The Hall–Kier alpha value is -2.77. The summed E-state index contributed by atoms with van der Waals surface area (Å²) < 4.78 is 10.2. The Labute approximate surface area is 274 Å². The number of amides is 2. The third-order valence-corrected chi connectivity index (χ3v) is 12.4. The van der Waals surface area contributed by atoms with Gasteiger partial charge < -0.3 is 30.3 Å². The van der Waals surface area contributed by atoms with Crippen LogP contribution in [0.3, 0.4) is 0 Å². The van der Waals surface area contributed by atoms with Gasteiger partial charge in [-0.1, -0.05) is 32.0 Å². The maximum atomic E-state index is 12.6. The minimum Gasteiger partial charge on any atom is -0.447 e. The molecule has 4 saturated carbocycles. The molecule has 0 aromatic carbocycles. The Morgan fingerprint density at radius 1 is 1.11 bits per heavy atom. The van der Waals surface area contributed by atoms with E-state index in [-0.39, 0.29) is 61.7 Å². The molecular formula is C35H55N5O6. The molecule has 11 nitrogen and oxygen atoms in total. The maximum Gasteiger partial charge on any atom is 0.408 e. The molecule has 2 unspecified atom stereocenters. The number of rotatable bonds is 14. The molecule has 4 rings (SSSR count). The van der Waals surface area contributed by atoms with Crippen molar-refractivity contribution in [3.05, 3.63) is 22.6 Å². The third-order valence-electron chi connectivity index (χ3n) is 12.4. The number of allylic oxidation sites excluding steroid dienone is 1. The van der Waals surface area contributed by atoms with Crippen LogP contribution >= 0.6 is 0 Å². The molecule has 0 heterocycles. The minimum absolute atomic E-state index is 0.000810. The second-order valence-electron chi connectivity index (χ2n) is 14.7. The number of terminal acetylenes is 1. The van der Waals surface area contributed by atoms with Crippen molar-refractivity contribution in [1.82, 2.24) is 10.6 Å². The lowest BCUT2D eigenvalue weighted by Gasteiger charge is -2.62. The fourth-order valence-electron chi connectivity index (χ4n) is 10.0. The Balaban J connectivity index is 1.23. The SMILES string of the molecule is C#CCC(NC(=O)/C=C/CC[C@@H](C)[C@H]1CC[C@H]2[C@@H]3CC[C@@H]4C[C@H](O)CC[C@]4(C)[C@H]3CC(O)[C@]12C)NC(=O)OCCOCCN=[N+]=[N-]. The number of carbonyl (C=O) groups excluding carboxylic acids is 2. The number of azide groups is 1. The topological polar surface area (TPSA) is 166 Å². The van der Waals surface area contributed by atoms with E-state index in [1.54, 1.807) is 0 Å². The molecular weight excluding hydrogens is 586 g/mol. The molecule has 46 heavy (non-hydrogen) atoms. The van der Waals surface area contributed by atoms with Crippen LogP contribution in [0.2, 0.25) is 0 Å². The van der Waals surface area contributed by atoms with Gasteiger partial charge in [-0.2, -0.15) is 0 Å². The second-order valence-corrected chi connectivity index (χ2v) is 14.7. The largest absolute Gasteiger partial charge is 0.447 e. The Morgan fingerprint density at radius 2 is 1.91 bits per heavy atom. The lowest BCUT2D eigenvalue weighted by atomic mass is 9.43. The molecule has 11 heteroatoms. The highest BCUT2D eigenvalue weighted by Gasteiger charge is 2.63. The predicted molar refractivity (Wildman–Crippen MR) is 175 cm³/mol. The van der Waals surface area contributed by atoms with E-state index >= 15 is 0 Å². The first kappa shape index (κ1) is 36.1. The van der Waals surface area contributed by atoms with E-state index in [4.69, 9.17) is 21.4 Å². The van der Waals surface area contributed by atoms with E-state index in [1.807, 2.05) is 6.08 Å². The minimum atomic E-state index is -0.776. The van der Waals surface area contributed by atoms with Crippen molar-refractivity contribution in [3.63, 3.8) is 0 Å². The van der Waals surface area contributed by atoms with Crippen LogP contribution in [0, 0.1) is 58.7 Å². The zero-order chi connectivity index (χ0) is 33.3. The van der Waals surface area contributed by atoms with Gasteiger partial charge in [0.2, 0.25) is 5.91 Å².